The molecule has 0 radical (unpaired) electrons. The van der Waals surface area contributed by atoms with Crippen molar-refractivity contribution in [3.63, 3.8) is 0 Å². The maximum absolute atomic E-state index is 12.4. The SMILES string of the molecule is Cc1[nH]c2ccc(C(=O)Nc3ccccc3I)cc2c1C. The number of hydrogen-bond acceptors (Lipinski definition) is 1. The summed E-state index contributed by atoms with van der Waals surface area (Å²) < 4.78 is 1.03. The zero-order chi connectivity index (χ0) is 15.0. The maximum Gasteiger partial charge on any atom is 0.255 e. The molecule has 4 heteroatoms. The quantitative estimate of drug-likeness (QED) is 0.616. The van der Waals surface area contributed by atoms with E-state index in [-0.39, 0.29) is 5.91 Å². The molecule has 1 amide bonds. The molecule has 3 nitrogen and oxygen atoms in total. The summed E-state index contributed by atoms with van der Waals surface area (Å²) in [7, 11) is 0. The standard InChI is InChI=1S/C17H15IN2O/c1-10-11(2)19-15-8-7-12(9-13(10)15)17(21)20-16-6-4-3-5-14(16)18/h3-9,19H,1-2H3,(H,20,21). The number of carbonyl (C=O) groups is 1. The van der Waals surface area contributed by atoms with Crippen LogP contribution < -0.4 is 5.32 Å². The van der Waals surface area contributed by atoms with Gasteiger partial charge in [0.2, 0.25) is 0 Å². The molecule has 21 heavy (non-hydrogen) atoms. The first-order chi connectivity index (χ1) is 10.1. The van der Waals surface area contributed by atoms with E-state index in [4.69, 9.17) is 0 Å². The van der Waals surface area contributed by atoms with Crippen LogP contribution in [0.4, 0.5) is 5.69 Å². The maximum atomic E-state index is 12.4. The van der Waals surface area contributed by atoms with Crippen molar-refractivity contribution in [1.29, 1.82) is 0 Å². The lowest BCUT2D eigenvalue weighted by Gasteiger charge is -2.07. The van der Waals surface area contributed by atoms with Gasteiger partial charge in [-0.1, -0.05) is 12.1 Å². The number of para-hydroxylation sites is 1. The van der Waals surface area contributed by atoms with Crippen molar-refractivity contribution in [3.05, 3.63) is 62.9 Å². The third-order valence-corrected chi connectivity index (χ3v) is 4.63. The number of fused-ring (bicyclic) bond motifs is 1. The number of nitrogens with one attached hydrogen (secondary N) is 2. The molecule has 0 atom stereocenters. The van der Waals surface area contributed by atoms with Gasteiger partial charge in [-0.15, -0.1) is 0 Å². The topological polar surface area (TPSA) is 44.9 Å². The smallest absolute Gasteiger partial charge is 0.255 e. The highest BCUT2D eigenvalue weighted by Crippen LogP contribution is 2.23. The second-order valence-corrected chi connectivity index (χ2v) is 6.23. The number of carbonyl (C=O) groups excluding carboxylic acids is 1. The van der Waals surface area contributed by atoms with E-state index in [0.717, 1.165) is 25.9 Å². The second kappa shape index (κ2) is 5.52. The van der Waals surface area contributed by atoms with Gasteiger partial charge in [0.1, 0.15) is 0 Å². The number of benzene rings is 2. The molecule has 0 aliphatic rings. The molecular weight excluding hydrogens is 375 g/mol. The zero-order valence-electron chi connectivity index (χ0n) is 11.8. The van der Waals surface area contributed by atoms with Crippen molar-refractivity contribution < 1.29 is 4.79 Å². The fraction of sp³-hybridized carbons (Fsp3) is 0.118. The van der Waals surface area contributed by atoms with Gasteiger partial charge in [-0.2, -0.15) is 0 Å². The minimum Gasteiger partial charge on any atom is -0.358 e. The van der Waals surface area contributed by atoms with E-state index in [9.17, 15) is 4.79 Å². The lowest BCUT2D eigenvalue weighted by Crippen LogP contribution is -2.12. The Bertz CT molecular complexity index is 836. The summed E-state index contributed by atoms with van der Waals surface area (Å²) in [6, 6.07) is 13.5. The lowest BCUT2D eigenvalue weighted by molar-refractivity contribution is 0.102. The van der Waals surface area contributed by atoms with Crippen LogP contribution in [0.2, 0.25) is 0 Å². The molecule has 1 heterocycles. The van der Waals surface area contributed by atoms with Gasteiger partial charge < -0.3 is 10.3 Å². The van der Waals surface area contributed by atoms with Crippen LogP contribution >= 0.6 is 22.6 Å². The molecule has 106 valence electrons. The number of rotatable bonds is 2. The van der Waals surface area contributed by atoms with E-state index in [2.05, 4.69) is 39.8 Å². The average molecular weight is 390 g/mol. The third-order valence-electron chi connectivity index (χ3n) is 3.69. The number of aromatic nitrogens is 1. The van der Waals surface area contributed by atoms with Crippen LogP contribution in [0.5, 0.6) is 0 Å². The Morgan fingerprint density at radius 2 is 1.90 bits per heavy atom. The van der Waals surface area contributed by atoms with E-state index in [1.807, 2.05) is 49.4 Å². The molecule has 3 aromatic rings. The molecule has 0 aliphatic carbocycles. The summed E-state index contributed by atoms with van der Waals surface area (Å²) in [6.07, 6.45) is 0. The van der Waals surface area contributed by atoms with Crippen LogP contribution in [-0.2, 0) is 0 Å². The molecule has 0 saturated heterocycles. The van der Waals surface area contributed by atoms with Crippen molar-refractivity contribution in [2.24, 2.45) is 0 Å². The summed E-state index contributed by atoms with van der Waals surface area (Å²) in [6.45, 7) is 4.11. The highest BCUT2D eigenvalue weighted by molar-refractivity contribution is 14.1. The number of halogens is 1. The van der Waals surface area contributed by atoms with Gasteiger partial charge >= 0.3 is 0 Å². The lowest BCUT2D eigenvalue weighted by atomic mass is 10.1. The largest absolute Gasteiger partial charge is 0.358 e. The summed E-state index contributed by atoms with van der Waals surface area (Å²) in [4.78, 5) is 15.7. The third kappa shape index (κ3) is 2.68. The normalized spacial score (nSPS) is 10.8. The van der Waals surface area contributed by atoms with Gasteiger partial charge in [0, 0.05) is 25.7 Å². The van der Waals surface area contributed by atoms with Crippen molar-refractivity contribution in [2.75, 3.05) is 5.32 Å². The summed E-state index contributed by atoms with van der Waals surface area (Å²) in [5.41, 5.74) is 4.90. The van der Waals surface area contributed by atoms with Crippen molar-refractivity contribution >= 4 is 45.1 Å². The van der Waals surface area contributed by atoms with Crippen LogP contribution in [0.1, 0.15) is 21.6 Å². The molecule has 2 N–H and O–H groups in total. The number of H-pyrrole nitrogens is 1. The zero-order valence-corrected chi connectivity index (χ0v) is 14.0. The first-order valence-electron chi connectivity index (χ1n) is 6.71. The number of amides is 1. The minimum atomic E-state index is -0.0840. The highest BCUT2D eigenvalue weighted by Gasteiger charge is 2.11. The average Bonchev–Trinajstić information content (AvgIpc) is 2.76. The molecule has 0 bridgehead atoms. The predicted octanol–water partition coefficient (Wildman–Crippen LogP) is 4.64. The summed E-state index contributed by atoms with van der Waals surface area (Å²) >= 11 is 2.22. The Morgan fingerprint density at radius 3 is 2.67 bits per heavy atom. The molecule has 0 saturated carbocycles. The Kier molecular flexibility index (Phi) is 3.71. The molecule has 1 aromatic heterocycles. The van der Waals surface area contributed by atoms with Crippen molar-refractivity contribution in [3.8, 4) is 0 Å². The Morgan fingerprint density at radius 1 is 1.14 bits per heavy atom. The molecule has 0 aliphatic heterocycles. The first kappa shape index (κ1) is 14.1. The van der Waals surface area contributed by atoms with E-state index >= 15 is 0 Å². The first-order valence-corrected chi connectivity index (χ1v) is 7.79. The van der Waals surface area contributed by atoms with Gasteiger partial charge in [0.05, 0.1) is 5.69 Å². The van der Waals surface area contributed by atoms with Crippen molar-refractivity contribution in [1.82, 2.24) is 4.98 Å². The Balaban J connectivity index is 1.95. The van der Waals surface area contributed by atoms with Gasteiger partial charge in [-0.05, 0) is 72.3 Å². The van der Waals surface area contributed by atoms with E-state index < -0.39 is 0 Å². The molecule has 3 rings (SSSR count). The number of aromatic amines is 1. The van der Waals surface area contributed by atoms with Gasteiger partial charge in [-0.25, -0.2) is 0 Å². The van der Waals surface area contributed by atoms with E-state index in [1.165, 1.54) is 5.56 Å². The molecule has 0 fully saturated rings. The Labute approximate surface area is 136 Å². The minimum absolute atomic E-state index is 0.0840. The van der Waals surface area contributed by atoms with Crippen molar-refractivity contribution in [2.45, 2.75) is 13.8 Å². The van der Waals surface area contributed by atoms with Gasteiger partial charge in [-0.3, -0.25) is 4.79 Å². The highest BCUT2D eigenvalue weighted by atomic mass is 127. The number of hydrogen-bond donors (Lipinski definition) is 2. The summed E-state index contributed by atoms with van der Waals surface area (Å²) in [5, 5.41) is 4.06. The van der Waals surface area contributed by atoms with Gasteiger partial charge in [0.25, 0.3) is 5.91 Å². The fourth-order valence-corrected chi connectivity index (χ4v) is 2.88. The molecule has 2 aromatic carbocycles. The monoisotopic (exact) mass is 390 g/mol. The van der Waals surface area contributed by atoms with Crippen LogP contribution in [0.25, 0.3) is 10.9 Å². The fourth-order valence-electron chi connectivity index (χ4n) is 2.36. The predicted molar refractivity (Wildman–Crippen MR) is 94.9 cm³/mol. The van der Waals surface area contributed by atoms with Crippen LogP contribution in [0.3, 0.4) is 0 Å². The van der Waals surface area contributed by atoms with E-state index in [0.29, 0.717) is 5.56 Å². The van der Waals surface area contributed by atoms with Crippen LogP contribution in [0, 0.1) is 17.4 Å². The number of aryl methyl sites for hydroxylation is 2. The number of anilines is 1. The van der Waals surface area contributed by atoms with Gasteiger partial charge in [0.15, 0.2) is 0 Å². The van der Waals surface area contributed by atoms with E-state index in [1.54, 1.807) is 0 Å². The Hall–Kier alpha value is -1.82. The molecule has 0 unspecified atom stereocenters. The van der Waals surface area contributed by atoms with Crippen LogP contribution in [-0.4, -0.2) is 10.9 Å². The molecule has 0 spiro atoms. The second-order valence-electron chi connectivity index (χ2n) is 5.07. The summed E-state index contributed by atoms with van der Waals surface area (Å²) in [5.74, 6) is -0.0840. The molecular formula is C17H15IN2O. The van der Waals surface area contributed by atoms with Crippen LogP contribution in [0.15, 0.2) is 42.5 Å².